The fourth-order valence-electron chi connectivity index (χ4n) is 2.05. The van der Waals surface area contributed by atoms with Gasteiger partial charge in [0.1, 0.15) is 11.9 Å². The van der Waals surface area contributed by atoms with Crippen molar-refractivity contribution in [3.05, 3.63) is 56.8 Å². The second-order valence-corrected chi connectivity index (χ2v) is 5.48. The van der Waals surface area contributed by atoms with E-state index < -0.39 is 11.9 Å². The van der Waals surface area contributed by atoms with Crippen molar-refractivity contribution in [2.24, 2.45) is 0 Å². The number of aliphatic hydroxyl groups excluding tert-OH is 1. The summed E-state index contributed by atoms with van der Waals surface area (Å²) < 4.78 is 25.1. The molecule has 3 nitrogen and oxygen atoms in total. The minimum absolute atomic E-state index is 0.0646. The number of aliphatic hydroxyl groups is 1. The van der Waals surface area contributed by atoms with Gasteiger partial charge in [0.25, 0.3) is 0 Å². The molecule has 0 aromatic heterocycles. The van der Waals surface area contributed by atoms with E-state index in [0.29, 0.717) is 21.5 Å². The predicted molar refractivity (Wildman–Crippen MR) is 82.7 cm³/mol. The number of rotatable bonds is 4. The number of hydrogen-bond acceptors (Lipinski definition) is 3. The smallest absolute Gasteiger partial charge is 0.166 e. The van der Waals surface area contributed by atoms with E-state index in [1.165, 1.54) is 20.3 Å². The van der Waals surface area contributed by atoms with Crippen molar-refractivity contribution in [3.63, 3.8) is 0 Å². The Hall–Kier alpha value is -1.30. The Kier molecular flexibility index (Phi) is 5.08. The van der Waals surface area contributed by atoms with Crippen LogP contribution in [-0.4, -0.2) is 19.3 Å². The molecule has 1 unspecified atom stereocenters. The molecule has 0 fully saturated rings. The Morgan fingerprint density at radius 2 is 1.86 bits per heavy atom. The molecule has 2 aromatic carbocycles. The average molecular weight is 376 g/mol. The summed E-state index contributed by atoms with van der Waals surface area (Å²) in [6.45, 7) is 0. The minimum Gasteiger partial charge on any atom is -0.493 e. The van der Waals surface area contributed by atoms with Crippen molar-refractivity contribution < 1.29 is 19.0 Å². The van der Waals surface area contributed by atoms with Gasteiger partial charge in [0, 0.05) is 15.6 Å². The Morgan fingerprint density at radius 3 is 2.48 bits per heavy atom. The summed E-state index contributed by atoms with van der Waals surface area (Å²) in [7, 11) is 2.95. The third-order valence-corrected chi connectivity index (χ3v) is 4.35. The third kappa shape index (κ3) is 3.00. The van der Waals surface area contributed by atoms with Crippen LogP contribution in [0.3, 0.4) is 0 Å². The zero-order valence-electron chi connectivity index (χ0n) is 11.4. The van der Waals surface area contributed by atoms with E-state index in [2.05, 4.69) is 15.9 Å². The van der Waals surface area contributed by atoms with Gasteiger partial charge in [-0.15, -0.1) is 0 Å². The lowest BCUT2D eigenvalue weighted by molar-refractivity contribution is 0.208. The van der Waals surface area contributed by atoms with Gasteiger partial charge in [-0.3, -0.25) is 0 Å². The molecule has 2 rings (SSSR count). The number of benzene rings is 2. The molecule has 0 aliphatic rings. The zero-order chi connectivity index (χ0) is 15.6. The van der Waals surface area contributed by atoms with E-state index in [4.69, 9.17) is 21.1 Å². The number of halogens is 3. The minimum atomic E-state index is -1.22. The summed E-state index contributed by atoms with van der Waals surface area (Å²) in [5.41, 5.74) is 0.462. The standard InChI is InChI=1S/C15H13BrClFO3/c1-20-11-5-3-4-9(15(11)21-2)14(19)8-6-7-10(16)12(17)13(8)18/h3-7,14,19H,1-2H3. The summed E-state index contributed by atoms with van der Waals surface area (Å²) in [5, 5.41) is 10.4. The molecule has 0 amide bonds. The molecule has 0 spiro atoms. The van der Waals surface area contributed by atoms with E-state index in [-0.39, 0.29) is 10.6 Å². The van der Waals surface area contributed by atoms with Gasteiger partial charge in [-0.05, 0) is 28.1 Å². The third-order valence-electron chi connectivity index (χ3n) is 3.09. The van der Waals surface area contributed by atoms with Crippen molar-refractivity contribution in [3.8, 4) is 11.5 Å². The first kappa shape index (κ1) is 16.1. The molecule has 0 saturated heterocycles. The monoisotopic (exact) mass is 374 g/mol. The lowest BCUT2D eigenvalue weighted by atomic mass is 9.99. The van der Waals surface area contributed by atoms with Gasteiger partial charge >= 0.3 is 0 Å². The molecule has 0 heterocycles. The maximum atomic E-state index is 14.2. The van der Waals surface area contributed by atoms with Crippen LogP contribution in [0.15, 0.2) is 34.8 Å². The summed E-state index contributed by atoms with van der Waals surface area (Å²) in [6, 6.07) is 8.07. The SMILES string of the molecule is COc1cccc(C(O)c2ccc(Br)c(Cl)c2F)c1OC. The van der Waals surface area contributed by atoms with Crippen LogP contribution in [0.4, 0.5) is 4.39 Å². The molecule has 0 aliphatic carbocycles. The van der Waals surface area contributed by atoms with Crippen molar-refractivity contribution in [2.75, 3.05) is 14.2 Å². The van der Waals surface area contributed by atoms with E-state index in [1.807, 2.05) is 0 Å². The summed E-state index contributed by atoms with van der Waals surface area (Å²) in [6.07, 6.45) is -1.22. The quantitative estimate of drug-likeness (QED) is 0.808. The van der Waals surface area contributed by atoms with Crippen LogP contribution < -0.4 is 9.47 Å². The van der Waals surface area contributed by atoms with Gasteiger partial charge in [-0.1, -0.05) is 29.8 Å². The fourth-order valence-corrected chi connectivity index (χ4v) is 2.53. The van der Waals surface area contributed by atoms with Crippen LogP contribution in [0, 0.1) is 5.82 Å². The summed E-state index contributed by atoms with van der Waals surface area (Å²) >= 11 is 9.00. The van der Waals surface area contributed by atoms with Gasteiger partial charge in [0.15, 0.2) is 11.5 Å². The topological polar surface area (TPSA) is 38.7 Å². The molecule has 0 radical (unpaired) electrons. The lowest BCUT2D eigenvalue weighted by Gasteiger charge is -2.18. The second-order valence-electron chi connectivity index (χ2n) is 4.25. The van der Waals surface area contributed by atoms with E-state index >= 15 is 0 Å². The first-order chi connectivity index (χ1) is 10.0. The number of ether oxygens (including phenoxy) is 2. The van der Waals surface area contributed by atoms with E-state index in [1.54, 1.807) is 24.3 Å². The average Bonchev–Trinajstić information content (AvgIpc) is 2.51. The lowest BCUT2D eigenvalue weighted by Crippen LogP contribution is -2.06. The predicted octanol–water partition coefficient (Wildman–Crippen LogP) is 4.34. The molecule has 21 heavy (non-hydrogen) atoms. The van der Waals surface area contributed by atoms with Crippen molar-refractivity contribution >= 4 is 27.5 Å². The van der Waals surface area contributed by atoms with E-state index in [0.717, 1.165) is 0 Å². The van der Waals surface area contributed by atoms with Crippen LogP contribution in [0.2, 0.25) is 5.02 Å². The van der Waals surface area contributed by atoms with Crippen molar-refractivity contribution in [1.29, 1.82) is 0 Å². The highest BCUT2D eigenvalue weighted by Gasteiger charge is 2.23. The van der Waals surface area contributed by atoms with Gasteiger partial charge < -0.3 is 14.6 Å². The summed E-state index contributed by atoms with van der Waals surface area (Å²) in [5.74, 6) is 0.132. The Balaban J connectivity index is 2.55. The Labute approximate surface area is 135 Å². The van der Waals surface area contributed by atoms with Crippen LogP contribution in [0.1, 0.15) is 17.2 Å². The Bertz CT molecular complexity index is 664. The second kappa shape index (κ2) is 6.64. The van der Waals surface area contributed by atoms with Gasteiger partial charge in [-0.25, -0.2) is 4.39 Å². The fraction of sp³-hybridized carbons (Fsp3) is 0.200. The van der Waals surface area contributed by atoms with E-state index in [9.17, 15) is 9.50 Å². The molecule has 0 aliphatic heterocycles. The molecule has 112 valence electrons. The highest BCUT2D eigenvalue weighted by Crippen LogP contribution is 2.39. The summed E-state index contributed by atoms with van der Waals surface area (Å²) in [4.78, 5) is 0. The van der Waals surface area contributed by atoms with Gasteiger partial charge in [0.2, 0.25) is 0 Å². The molecule has 1 atom stereocenters. The highest BCUT2D eigenvalue weighted by atomic mass is 79.9. The normalized spacial score (nSPS) is 12.1. The zero-order valence-corrected chi connectivity index (χ0v) is 13.7. The highest BCUT2D eigenvalue weighted by molar-refractivity contribution is 9.10. The Morgan fingerprint density at radius 1 is 1.14 bits per heavy atom. The number of para-hydroxylation sites is 1. The van der Waals surface area contributed by atoms with Crippen LogP contribution in [0.5, 0.6) is 11.5 Å². The molecule has 0 bridgehead atoms. The van der Waals surface area contributed by atoms with Gasteiger partial charge in [-0.2, -0.15) is 0 Å². The number of methoxy groups -OCH3 is 2. The largest absolute Gasteiger partial charge is 0.493 e. The van der Waals surface area contributed by atoms with Crippen LogP contribution >= 0.6 is 27.5 Å². The van der Waals surface area contributed by atoms with Gasteiger partial charge in [0.05, 0.1) is 19.2 Å². The van der Waals surface area contributed by atoms with Crippen molar-refractivity contribution in [1.82, 2.24) is 0 Å². The molecule has 0 saturated carbocycles. The number of hydrogen-bond donors (Lipinski definition) is 1. The molecule has 1 N–H and O–H groups in total. The maximum absolute atomic E-state index is 14.2. The molecular weight excluding hydrogens is 363 g/mol. The van der Waals surface area contributed by atoms with Crippen molar-refractivity contribution in [2.45, 2.75) is 6.10 Å². The molecular formula is C15H13BrClFO3. The first-order valence-electron chi connectivity index (χ1n) is 6.03. The molecule has 2 aromatic rings. The first-order valence-corrected chi connectivity index (χ1v) is 7.20. The maximum Gasteiger partial charge on any atom is 0.166 e. The molecule has 6 heteroatoms. The van der Waals surface area contributed by atoms with Crippen LogP contribution in [-0.2, 0) is 0 Å². The van der Waals surface area contributed by atoms with Crippen LogP contribution in [0.25, 0.3) is 0 Å².